The first-order valence-corrected chi connectivity index (χ1v) is 10.4. The molecule has 0 bridgehead atoms. The fraction of sp³-hybridized carbons (Fsp3) is 0.217. The Morgan fingerprint density at radius 1 is 1.03 bits per heavy atom. The predicted molar refractivity (Wildman–Crippen MR) is 120 cm³/mol. The highest BCUT2D eigenvalue weighted by Crippen LogP contribution is 2.29. The van der Waals surface area contributed by atoms with Gasteiger partial charge in [-0.3, -0.25) is 18.9 Å². The third-order valence-corrected chi connectivity index (χ3v) is 5.73. The van der Waals surface area contributed by atoms with Crippen LogP contribution in [0.15, 0.2) is 65.8 Å². The molecule has 2 N–H and O–H groups in total. The van der Waals surface area contributed by atoms with E-state index in [-0.39, 0.29) is 17.5 Å². The van der Waals surface area contributed by atoms with Crippen LogP contribution in [0.4, 0.5) is 5.82 Å². The molecular weight excluding hydrogens is 408 g/mol. The lowest BCUT2D eigenvalue weighted by Crippen LogP contribution is -2.39. The summed E-state index contributed by atoms with van der Waals surface area (Å²) in [5, 5.41) is 0. The number of nitrogens with two attached hydrogens (primary N) is 1. The Kier molecular flexibility index (Phi) is 5.06. The summed E-state index contributed by atoms with van der Waals surface area (Å²) in [5.41, 5.74) is 7.92. The van der Waals surface area contributed by atoms with Gasteiger partial charge < -0.3 is 15.4 Å². The van der Waals surface area contributed by atoms with Gasteiger partial charge in [-0.25, -0.2) is 9.78 Å². The van der Waals surface area contributed by atoms with Gasteiger partial charge in [-0.15, -0.1) is 0 Å². The van der Waals surface area contributed by atoms with E-state index >= 15 is 0 Å². The summed E-state index contributed by atoms with van der Waals surface area (Å²) in [6, 6.07) is 12.4. The van der Waals surface area contributed by atoms with Crippen molar-refractivity contribution in [3.63, 3.8) is 0 Å². The zero-order valence-corrected chi connectivity index (χ0v) is 17.3. The van der Waals surface area contributed by atoms with E-state index in [4.69, 9.17) is 10.5 Å². The van der Waals surface area contributed by atoms with E-state index in [1.54, 1.807) is 63.0 Å². The standard InChI is InChI=1S/C23H22N6O3/c24-22-21-20(9-12-26-22)28(17-2-1-13-27(14-17)15-30)23(31)29(21)16-3-5-18(6-4-16)32-19-7-10-25-11-8-19/h3-12,15,17H,1-2,13-14H2,(H2,24,26). The van der Waals surface area contributed by atoms with Crippen molar-refractivity contribution < 1.29 is 9.53 Å². The molecule has 1 atom stereocenters. The number of nitrogens with zero attached hydrogens (tertiary/aromatic N) is 5. The summed E-state index contributed by atoms with van der Waals surface area (Å²) < 4.78 is 9.14. The molecule has 0 aliphatic carbocycles. The second-order valence-corrected chi connectivity index (χ2v) is 7.73. The lowest BCUT2D eigenvalue weighted by molar-refractivity contribution is -0.119. The number of carbonyl (C=O) groups excluding carboxylic acids is 1. The Balaban J connectivity index is 1.58. The topological polar surface area (TPSA) is 108 Å². The summed E-state index contributed by atoms with van der Waals surface area (Å²) in [4.78, 5) is 34.8. The molecule has 4 aromatic rings. The van der Waals surface area contributed by atoms with Gasteiger partial charge in [0.2, 0.25) is 6.41 Å². The lowest BCUT2D eigenvalue weighted by atomic mass is 10.1. The van der Waals surface area contributed by atoms with Crippen LogP contribution in [0, 0.1) is 0 Å². The van der Waals surface area contributed by atoms with Gasteiger partial charge in [0.05, 0.1) is 17.2 Å². The zero-order valence-electron chi connectivity index (χ0n) is 17.3. The largest absolute Gasteiger partial charge is 0.457 e. The van der Waals surface area contributed by atoms with Crippen molar-refractivity contribution in [3.8, 4) is 17.2 Å². The van der Waals surface area contributed by atoms with Gasteiger partial charge >= 0.3 is 5.69 Å². The first kappa shape index (κ1) is 19.8. The number of likely N-dealkylation sites (tertiary alicyclic amines) is 1. The van der Waals surface area contributed by atoms with Gasteiger partial charge in [-0.2, -0.15) is 0 Å². The van der Waals surface area contributed by atoms with Crippen LogP contribution in [0.1, 0.15) is 18.9 Å². The molecule has 0 spiro atoms. The Labute approximate surface area is 183 Å². The van der Waals surface area contributed by atoms with E-state index in [2.05, 4.69) is 9.97 Å². The number of hydrogen-bond acceptors (Lipinski definition) is 6. The number of piperidine rings is 1. The van der Waals surface area contributed by atoms with Crippen LogP contribution in [0.2, 0.25) is 0 Å². The number of aromatic nitrogens is 4. The molecule has 162 valence electrons. The molecule has 0 radical (unpaired) electrons. The third kappa shape index (κ3) is 3.47. The monoisotopic (exact) mass is 430 g/mol. The number of pyridine rings is 2. The first-order chi connectivity index (χ1) is 15.7. The van der Waals surface area contributed by atoms with Crippen LogP contribution in [0.5, 0.6) is 11.5 Å². The van der Waals surface area contributed by atoms with Crippen LogP contribution < -0.4 is 16.2 Å². The maximum Gasteiger partial charge on any atom is 0.334 e. The smallest absolute Gasteiger partial charge is 0.334 e. The molecule has 9 nitrogen and oxygen atoms in total. The van der Waals surface area contributed by atoms with Crippen molar-refractivity contribution in [2.24, 2.45) is 0 Å². The second kappa shape index (κ2) is 8.18. The average molecular weight is 430 g/mol. The fourth-order valence-corrected chi connectivity index (χ4v) is 4.28. The van der Waals surface area contributed by atoms with Crippen molar-refractivity contribution in [1.82, 2.24) is 24.0 Å². The second-order valence-electron chi connectivity index (χ2n) is 7.73. The molecule has 1 unspecified atom stereocenters. The van der Waals surface area contributed by atoms with Crippen molar-refractivity contribution in [1.29, 1.82) is 0 Å². The molecule has 4 heterocycles. The Morgan fingerprint density at radius 2 is 1.78 bits per heavy atom. The van der Waals surface area contributed by atoms with Gasteiger partial charge in [0.15, 0.2) is 0 Å². The van der Waals surface area contributed by atoms with Crippen LogP contribution >= 0.6 is 0 Å². The van der Waals surface area contributed by atoms with Gasteiger partial charge in [0.1, 0.15) is 22.8 Å². The van der Waals surface area contributed by atoms with Crippen LogP contribution in [-0.2, 0) is 4.79 Å². The minimum Gasteiger partial charge on any atom is -0.457 e. The molecular formula is C23H22N6O3. The summed E-state index contributed by atoms with van der Waals surface area (Å²) >= 11 is 0. The third-order valence-electron chi connectivity index (χ3n) is 5.73. The number of carbonyl (C=O) groups is 1. The molecule has 0 saturated carbocycles. The molecule has 5 rings (SSSR count). The number of imidazole rings is 1. The zero-order chi connectivity index (χ0) is 22.1. The van der Waals surface area contributed by atoms with E-state index < -0.39 is 0 Å². The first-order valence-electron chi connectivity index (χ1n) is 10.4. The highest BCUT2D eigenvalue weighted by Gasteiger charge is 2.26. The van der Waals surface area contributed by atoms with Crippen molar-refractivity contribution >= 4 is 23.3 Å². The Hall–Kier alpha value is -4.14. The molecule has 3 aromatic heterocycles. The van der Waals surface area contributed by atoms with Gasteiger partial charge in [-0.1, -0.05) is 0 Å². The molecule has 1 saturated heterocycles. The number of hydrogen-bond donors (Lipinski definition) is 1. The van der Waals surface area contributed by atoms with E-state index in [9.17, 15) is 9.59 Å². The molecule has 1 aliphatic rings. The van der Waals surface area contributed by atoms with Crippen LogP contribution in [0.3, 0.4) is 0 Å². The molecule has 9 heteroatoms. The van der Waals surface area contributed by atoms with Gasteiger partial charge in [0, 0.05) is 31.7 Å². The normalized spacial score (nSPS) is 16.2. The Bertz CT molecular complexity index is 1310. The number of ether oxygens (including phenoxy) is 1. The van der Waals surface area contributed by atoms with Crippen LogP contribution in [-0.4, -0.2) is 43.5 Å². The number of anilines is 1. The number of benzene rings is 1. The number of nitrogen functional groups attached to an aromatic ring is 1. The molecule has 1 fully saturated rings. The van der Waals surface area contributed by atoms with Crippen molar-refractivity contribution in [2.75, 3.05) is 18.8 Å². The maximum atomic E-state index is 13.6. The molecule has 1 aromatic carbocycles. The van der Waals surface area contributed by atoms with E-state index in [1.807, 2.05) is 12.1 Å². The molecule has 1 aliphatic heterocycles. The number of amides is 1. The number of fused-ring (bicyclic) bond motifs is 1. The summed E-state index contributed by atoms with van der Waals surface area (Å²) in [6.07, 6.45) is 7.40. The van der Waals surface area contributed by atoms with Crippen LogP contribution in [0.25, 0.3) is 16.7 Å². The minimum atomic E-state index is -0.208. The summed E-state index contributed by atoms with van der Waals surface area (Å²) in [7, 11) is 0. The highest BCUT2D eigenvalue weighted by atomic mass is 16.5. The average Bonchev–Trinajstić information content (AvgIpc) is 3.13. The quantitative estimate of drug-likeness (QED) is 0.488. The maximum absolute atomic E-state index is 13.6. The van der Waals surface area contributed by atoms with E-state index in [0.29, 0.717) is 41.3 Å². The fourth-order valence-electron chi connectivity index (χ4n) is 4.28. The number of rotatable bonds is 5. The SMILES string of the molecule is Nc1nccc2c1n(-c1ccc(Oc3ccncc3)cc1)c(=O)n2C1CCCN(C=O)C1. The lowest BCUT2D eigenvalue weighted by Gasteiger charge is -2.30. The minimum absolute atomic E-state index is 0.124. The highest BCUT2D eigenvalue weighted by molar-refractivity contribution is 5.87. The van der Waals surface area contributed by atoms with Crippen molar-refractivity contribution in [3.05, 3.63) is 71.5 Å². The van der Waals surface area contributed by atoms with Gasteiger partial charge in [-0.05, 0) is 55.3 Å². The summed E-state index contributed by atoms with van der Waals surface area (Å²) in [5.74, 6) is 1.59. The van der Waals surface area contributed by atoms with Gasteiger partial charge in [0.25, 0.3) is 0 Å². The molecule has 1 amide bonds. The Morgan fingerprint density at radius 3 is 2.53 bits per heavy atom. The van der Waals surface area contributed by atoms with E-state index in [1.165, 1.54) is 0 Å². The summed E-state index contributed by atoms with van der Waals surface area (Å²) in [6.45, 7) is 1.19. The predicted octanol–water partition coefficient (Wildman–Crippen LogP) is 2.75. The van der Waals surface area contributed by atoms with E-state index in [0.717, 1.165) is 19.3 Å². The van der Waals surface area contributed by atoms with Crippen molar-refractivity contribution in [2.45, 2.75) is 18.9 Å². The molecule has 32 heavy (non-hydrogen) atoms.